The molecule has 1 rings (SSSR count). The van der Waals surface area contributed by atoms with Gasteiger partial charge in [0.15, 0.2) is 0 Å². The van der Waals surface area contributed by atoms with Gasteiger partial charge < -0.3 is 10.4 Å². The van der Waals surface area contributed by atoms with Crippen LogP contribution in [0, 0.1) is 5.41 Å². The van der Waals surface area contributed by atoms with Crippen molar-refractivity contribution in [3.05, 3.63) is 0 Å². The minimum atomic E-state index is 0.271. The molecule has 0 aromatic heterocycles. The molecule has 0 radical (unpaired) electrons. The van der Waals surface area contributed by atoms with Crippen LogP contribution in [0.5, 0.6) is 0 Å². The fourth-order valence-electron chi connectivity index (χ4n) is 2.24. The van der Waals surface area contributed by atoms with Crippen LogP contribution in [0.15, 0.2) is 0 Å². The molecule has 1 aliphatic rings. The molecule has 0 aliphatic carbocycles. The van der Waals surface area contributed by atoms with Gasteiger partial charge in [0.05, 0.1) is 6.61 Å². The lowest BCUT2D eigenvalue weighted by molar-refractivity contribution is 0.106. The topological polar surface area (TPSA) is 35.5 Å². The average Bonchev–Trinajstić information content (AvgIpc) is 2.33. The van der Waals surface area contributed by atoms with E-state index in [-0.39, 0.29) is 6.61 Å². The number of aliphatic hydroxyl groups excluding tert-OH is 1. The van der Waals surface area contributed by atoms with Crippen LogP contribution in [0.2, 0.25) is 0 Å². The number of aliphatic hydroxyl groups is 1. The Labute approximate surface area is 93.9 Å². The van der Waals surface area contributed by atoms with Gasteiger partial charge in [-0.1, -0.05) is 27.2 Å². The van der Waals surface area contributed by atoms with Gasteiger partial charge in [0.2, 0.25) is 0 Å². The highest BCUT2D eigenvalue weighted by atomic mass is 16.3. The van der Waals surface area contributed by atoms with Crippen molar-refractivity contribution in [1.29, 1.82) is 0 Å². The van der Waals surface area contributed by atoms with Crippen LogP contribution in [0.4, 0.5) is 0 Å². The summed E-state index contributed by atoms with van der Waals surface area (Å²) in [5.74, 6) is 0. The van der Waals surface area contributed by atoms with Crippen LogP contribution in [-0.2, 0) is 0 Å². The maximum Gasteiger partial charge on any atom is 0.0599 e. The summed E-state index contributed by atoms with van der Waals surface area (Å²) >= 11 is 0. The molecular formula is C12H26N2O. The van der Waals surface area contributed by atoms with E-state index in [4.69, 9.17) is 0 Å². The fourth-order valence-corrected chi connectivity index (χ4v) is 2.24. The molecule has 1 atom stereocenters. The molecule has 1 fully saturated rings. The third-order valence-electron chi connectivity index (χ3n) is 3.14. The minimum Gasteiger partial charge on any atom is -0.395 e. The Kier molecular flexibility index (Phi) is 5.03. The number of unbranched alkanes of at least 4 members (excludes halogenated alkanes) is 1. The Morgan fingerprint density at radius 2 is 2.20 bits per heavy atom. The minimum absolute atomic E-state index is 0.271. The van der Waals surface area contributed by atoms with E-state index >= 15 is 0 Å². The van der Waals surface area contributed by atoms with Gasteiger partial charge in [0.1, 0.15) is 0 Å². The first kappa shape index (κ1) is 12.9. The van der Waals surface area contributed by atoms with Gasteiger partial charge in [0, 0.05) is 25.7 Å². The maximum atomic E-state index is 9.37. The number of hydrogen-bond donors (Lipinski definition) is 2. The lowest BCUT2D eigenvalue weighted by atomic mass is 9.93. The first-order valence-electron chi connectivity index (χ1n) is 6.14. The van der Waals surface area contributed by atoms with Gasteiger partial charge in [-0.3, -0.25) is 4.90 Å². The van der Waals surface area contributed by atoms with E-state index in [1.807, 2.05) is 0 Å². The largest absolute Gasteiger partial charge is 0.395 e. The Hall–Kier alpha value is -0.120. The Morgan fingerprint density at radius 1 is 1.47 bits per heavy atom. The van der Waals surface area contributed by atoms with Crippen molar-refractivity contribution in [2.24, 2.45) is 5.41 Å². The van der Waals surface area contributed by atoms with Crippen LogP contribution >= 0.6 is 0 Å². The summed E-state index contributed by atoms with van der Waals surface area (Å²) in [6.45, 7) is 11.2. The molecule has 1 saturated heterocycles. The first-order chi connectivity index (χ1) is 7.09. The van der Waals surface area contributed by atoms with Crippen LogP contribution in [0.3, 0.4) is 0 Å². The molecule has 0 aromatic rings. The van der Waals surface area contributed by atoms with Crippen molar-refractivity contribution in [1.82, 2.24) is 10.2 Å². The molecule has 1 unspecified atom stereocenters. The predicted molar refractivity (Wildman–Crippen MR) is 64.0 cm³/mol. The monoisotopic (exact) mass is 214 g/mol. The van der Waals surface area contributed by atoms with Crippen molar-refractivity contribution in [2.75, 3.05) is 32.8 Å². The standard InChI is InChI=1S/C12H26N2O/c1-4-5-6-14-10-12(2,3)9-13-7-11(14)8-15/h11,13,15H,4-10H2,1-3H3. The summed E-state index contributed by atoms with van der Waals surface area (Å²) in [6.07, 6.45) is 2.45. The molecular weight excluding hydrogens is 188 g/mol. The number of nitrogens with one attached hydrogen (secondary N) is 1. The second-order valence-corrected chi connectivity index (χ2v) is 5.46. The van der Waals surface area contributed by atoms with E-state index in [0.717, 1.165) is 26.2 Å². The summed E-state index contributed by atoms with van der Waals surface area (Å²) in [5, 5.41) is 12.8. The maximum absolute atomic E-state index is 9.37. The van der Waals surface area contributed by atoms with Crippen LogP contribution in [0.1, 0.15) is 33.6 Å². The Balaban J connectivity index is 2.57. The Bertz CT molecular complexity index is 182. The van der Waals surface area contributed by atoms with Crippen molar-refractivity contribution >= 4 is 0 Å². The number of hydrogen-bond acceptors (Lipinski definition) is 3. The molecule has 0 amide bonds. The van der Waals surface area contributed by atoms with Gasteiger partial charge in [-0.25, -0.2) is 0 Å². The molecule has 1 heterocycles. The highest BCUT2D eigenvalue weighted by Gasteiger charge is 2.29. The normalized spacial score (nSPS) is 27.6. The molecule has 90 valence electrons. The number of rotatable bonds is 4. The zero-order valence-corrected chi connectivity index (χ0v) is 10.4. The first-order valence-corrected chi connectivity index (χ1v) is 6.14. The molecule has 0 spiro atoms. The SMILES string of the molecule is CCCCN1CC(C)(C)CNCC1CO. The molecule has 15 heavy (non-hydrogen) atoms. The average molecular weight is 214 g/mol. The van der Waals surface area contributed by atoms with E-state index in [0.29, 0.717) is 11.5 Å². The van der Waals surface area contributed by atoms with Crippen molar-refractivity contribution in [2.45, 2.75) is 39.7 Å². The zero-order chi connectivity index (χ0) is 11.3. The Morgan fingerprint density at radius 3 is 2.80 bits per heavy atom. The summed E-state index contributed by atoms with van der Waals surface area (Å²) in [5.41, 5.74) is 0.317. The quantitative estimate of drug-likeness (QED) is 0.735. The van der Waals surface area contributed by atoms with E-state index < -0.39 is 0 Å². The molecule has 3 nitrogen and oxygen atoms in total. The summed E-state index contributed by atoms with van der Waals surface area (Å²) in [7, 11) is 0. The lowest BCUT2D eigenvalue weighted by Gasteiger charge is -2.32. The van der Waals surface area contributed by atoms with Crippen LogP contribution in [-0.4, -0.2) is 48.8 Å². The van der Waals surface area contributed by atoms with E-state index in [9.17, 15) is 5.11 Å². The van der Waals surface area contributed by atoms with Crippen LogP contribution in [0.25, 0.3) is 0 Å². The van der Waals surface area contributed by atoms with E-state index in [1.165, 1.54) is 12.8 Å². The zero-order valence-electron chi connectivity index (χ0n) is 10.4. The van der Waals surface area contributed by atoms with Gasteiger partial charge >= 0.3 is 0 Å². The van der Waals surface area contributed by atoms with Crippen molar-refractivity contribution in [3.8, 4) is 0 Å². The lowest BCUT2D eigenvalue weighted by Crippen LogP contribution is -2.44. The molecule has 0 saturated carbocycles. The summed E-state index contributed by atoms with van der Waals surface area (Å²) < 4.78 is 0. The van der Waals surface area contributed by atoms with E-state index in [1.54, 1.807) is 0 Å². The van der Waals surface area contributed by atoms with Crippen molar-refractivity contribution in [3.63, 3.8) is 0 Å². The predicted octanol–water partition coefficient (Wildman–Crippen LogP) is 1.08. The van der Waals surface area contributed by atoms with Crippen molar-refractivity contribution < 1.29 is 5.11 Å². The van der Waals surface area contributed by atoms with Gasteiger partial charge in [-0.15, -0.1) is 0 Å². The molecule has 1 aliphatic heterocycles. The van der Waals surface area contributed by atoms with Gasteiger partial charge in [0.25, 0.3) is 0 Å². The fraction of sp³-hybridized carbons (Fsp3) is 1.00. The molecule has 0 bridgehead atoms. The molecule has 3 heteroatoms. The van der Waals surface area contributed by atoms with Crippen LogP contribution < -0.4 is 5.32 Å². The van der Waals surface area contributed by atoms with Gasteiger partial charge in [-0.2, -0.15) is 0 Å². The summed E-state index contributed by atoms with van der Waals surface area (Å²) in [4.78, 5) is 2.45. The summed E-state index contributed by atoms with van der Waals surface area (Å²) in [6, 6.07) is 0.304. The van der Waals surface area contributed by atoms with E-state index in [2.05, 4.69) is 31.0 Å². The third kappa shape index (κ3) is 4.09. The third-order valence-corrected chi connectivity index (χ3v) is 3.14. The number of nitrogens with zero attached hydrogens (tertiary/aromatic N) is 1. The second-order valence-electron chi connectivity index (χ2n) is 5.46. The molecule has 2 N–H and O–H groups in total. The molecule has 0 aromatic carbocycles. The highest BCUT2D eigenvalue weighted by Crippen LogP contribution is 2.20. The van der Waals surface area contributed by atoms with Gasteiger partial charge in [-0.05, 0) is 18.4 Å². The highest BCUT2D eigenvalue weighted by molar-refractivity contribution is 4.85. The smallest absolute Gasteiger partial charge is 0.0599 e. The second kappa shape index (κ2) is 5.83.